The summed E-state index contributed by atoms with van der Waals surface area (Å²) in [6, 6.07) is 4.01. The molecule has 0 atom stereocenters. The molecule has 0 unspecified atom stereocenters. The first kappa shape index (κ1) is 14.9. The molecule has 0 spiro atoms. The van der Waals surface area contributed by atoms with Crippen LogP contribution >= 0.6 is 0 Å². The van der Waals surface area contributed by atoms with Crippen molar-refractivity contribution in [2.45, 2.75) is 51.6 Å². The van der Waals surface area contributed by atoms with E-state index in [0.29, 0.717) is 18.2 Å². The molecule has 20 heavy (non-hydrogen) atoms. The molecule has 0 radical (unpaired) electrons. The summed E-state index contributed by atoms with van der Waals surface area (Å²) in [4.78, 5) is 10.5. The molecule has 5 heteroatoms. The zero-order chi connectivity index (χ0) is 14.5. The van der Waals surface area contributed by atoms with Crippen molar-refractivity contribution in [1.29, 1.82) is 0 Å². The van der Waals surface area contributed by atoms with Gasteiger partial charge in [-0.25, -0.2) is 4.39 Å². The van der Waals surface area contributed by atoms with E-state index < -0.39 is 10.7 Å². The van der Waals surface area contributed by atoms with Crippen LogP contribution in [0.5, 0.6) is 0 Å². The number of hydrogen-bond acceptors (Lipinski definition) is 3. The van der Waals surface area contributed by atoms with E-state index in [1.165, 1.54) is 31.4 Å². The molecule has 0 saturated heterocycles. The number of nitro groups is 1. The average Bonchev–Trinajstić information content (AvgIpc) is 2.45. The normalized spacial score (nSPS) is 22.7. The second-order valence-corrected chi connectivity index (χ2v) is 5.54. The van der Waals surface area contributed by atoms with Crippen molar-refractivity contribution in [3.63, 3.8) is 0 Å². The number of hydrogen-bond donors (Lipinski definition) is 1. The number of nitrogens with zero attached hydrogens (tertiary/aromatic N) is 1. The number of nitro benzene ring substituents is 1. The summed E-state index contributed by atoms with van der Waals surface area (Å²) in [6.07, 6.45) is 5.84. The predicted molar refractivity (Wildman–Crippen MR) is 75.9 cm³/mol. The monoisotopic (exact) mass is 280 g/mol. The van der Waals surface area contributed by atoms with Gasteiger partial charge < -0.3 is 5.32 Å². The summed E-state index contributed by atoms with van der Waals surface area (Å²) in [6.45, 7) is 2.57. The molecule has 0 bridgehead atoms. The van der Waals surface area contributed by atoms with Gasteiger partial charge in [-0.2, -0.15) is 0 Å². The fourth-order valence-electron chi connectivity index (χ4n) is 2.90. The van der Waals surface area contributed by atoms with Crippen LogP contribution in [-0.4, -0.2) is 11.0 Å². The highest BCUT2D eigenvalue weighted by Crippen LogP contribution is 2.27. The highest BCUT2D eigenvalue weighted by molar-refractivity contribution is 5.40. The Labute approximate surface area is 118 Å². The Balaban J connectivity index is 1.94. The minimum atomic E-state index is -0.454. The molecule has 0 amide bonds. The highest BCUT2D eigenvalue weighted by atomic mass is 19.1. The van der Waals surface area contributed by atoms with Crippen LogP contribution in [0.4, 0.5) is 10.1 Å². The minimum absolute atomic E-state index is 0.0128. The van der Waals surface area contributed by atoms with Gasteiger partial charge in [0.25, 0.3) is 5.69 Å². The SMILES string of the molecule is CCC1CCC(NCc2cc(F)ccc2[N+](=O)[O-])CC1. The molecular formula is C15H21FN2O2. The fourth-order valence-corrected chi connectivity index (χ4v) is 2.90. The lowest BCUT2D eigenvalue weighted by Gasteiger charge is -2.28. The van der Waals surface area contributed by atoms with Gasteiger partial charge in [0.2, 0.25) is 0 Å². The zero-order valence-corrected chi connectivity index (χ0v) is 11.8. The maximum Gasteiger partial charge on any atom is 0.274 e. The first-order valence-electron chi connectivity index (χ1n) is 7.26. The molecule has 0 aromatic heterocycles. The van der Waals surface area contributed by atoms with E-state index in [0.717, 1.165) is 24.8 Å². The number of nitrogens with one attached hydrogen (secondary N) is 1. The van der Waals surface area contributed by atoms with E-state index in [-0.39, 0.29) is 5.69 Å². The van der Waals surface area contributed by atoms with Crippen molar-refractivity contribution in [1.82, 2.24) is 5.32 Å². The molecule has 4 nitrogen and oxygen atoms in total. The molecule has 1 aliphatic rings. The Morgan fingerprint density at radius 3 is 2.65 bits per heavy atom. The smallest absolute Gasteiger partial charge is 0.274 e. The quantitative estimate of drug-likeness (QED) is 0.659. The minimum Gasteiger partial charge on any atom is -0.310 e. The van der Waals surface area contributed by atoms with E-state index in [1.54, 1.807) is 0 Å². The number of rotatable bonds is 5. The largest absolute Gasteiger partial charge is 0.310 e. The van der Waals surface area contributed by atoms with Crippen LogP contribution in [0, 0.1) is 21.8 Å². The Bertz CT molecular complexity index is 471. The summed E-state index contributed by atoms with van der Waals surface area (Å²) >= 11 is 0. The Morgan fingerprint density at radius 2 is 2.05 bits per heavy atom. The first-order chi connectivity index (χ1) is 9.60. The first-order valence-corrected chi connectivity index (χ1v) is 7.26. The maximum absolute atomic E-state index is 13.2. The molecule has 1 aliphatic carbocycles. The second kappa shape index (κ2) is 6.79. The molecule has 1 N–H and O–H groups in total. The average molecular weight is 280 g/mol. The standard InChI is InChI=1S/C15H21FN2O2/c1-2-11-3-6-14(7-4-11)17-10-12-9-13(16)5-8-15(12)18(19)20/h5,8-9,11,14,17H,2-4,6-7,10H2,1H3. The maximum atomic E-state index is 13.2. The van der Waals surface area contributed by atoms with Crippen LogP contribution in [0.2, 0.25) is 0 Å². The summed E-state index contributed by atoms with van der Waals surface area (Å²) < 4.78 is 13.2. The van der Waals surface area contributed by atoms with E-state index in [4.69, 9.17) is 0 Å². The van der Waals surface area contributed by atoms with Gasteiger partial charge >= 0.3 is 0 Å². The van der Waals surface area contributed by atoms with Gasteiger partial charge in [0, 0.05) is 24.2 Å². The van der Waals surface area contributed by atoms with Crippen LogP contribution in [0.1, 0.15) is 44.6 Å². The summed E-state index contributed by atoms with van der Waals surface area (Å²) in [5.74, 6) is 0.388. The van der Waals surface area contributed by atoms with Crippen LogP contribution in [-0.2, 0) is 6.54 Å². The Hall–Kier alpha value is -1.49. The lowest BCUT2D eigenvalue weighted by atomic mass is 9.84. The van der Waals surface area contributed by atoms with E-state index in [2.05, 4.69) is 12.2 Å². The van der Waals surface area contributed by atoms with Crippen molar-refractivity contribution in [2.75, 3.05) is 0 Å². The van der Waals surface area contributed by atoms with Gasteiger partial charge in [0.05, 0.1) is 4.92 Å². The van der Waals surface area contributed by atoms with Crippen molar-refractivity contribution < 1.29 is 9.31 Å². The van der Waals surface area contributed by atoms with Crippen LogP contribution in [0.25, 0.3) is 0 Å². The third-order valence-electron chi connectivity index (χ3n) is 4.24. The molecule has 0 aliphatic heterocycles. The molecular weight excluding hydrogens is 259 g/mol. The molecule has 2 rings (SSSR count). The second-order valence-electron chi connectivity index (χ2n) is 5.54. The topological polar surface area (TPSA) is 55.2 Å². The predicted octanol–water partition coefficient (Wildman–Crippen LogP) is 3.79. The Morgan fingerprint density at radius 1 is 1.35 bits per heavy atom. The van der Waals surface area contributed by atoms with Crippen molar-refractivity contribution in [3.05, 3.63) is 39.7 Å². The van der Waals surface area contributed by atoms with Gasteiger partial charge in [0.15, 0.2) is 0 Å². The molecule has 110 valence electrons. The van der Waals surface area contributed by atoms with E-state index >= 15 is 0 Å². The van der Waals surface area contributed by atoms with E-state index in [9.17, 15) is 14.5 Å². The van der Waals surface area contributed by atoms with Crippen LogP contribution in [0.3, 0.4) is 0 Å². The van der Waals surface area contributed by atoms with Gasteiger partial charge in [-0.15, -0.1) is 0 Å². The van der Waals surface area contributed by atoms with Crippen molar-refractivity contribution >= 4 is 5.69 Å². The number of halogens is 1. The van der Waals surface area contributed by atoms with Gasteiger partial charge in [0.1, 0.15) is 5.82 Å². The van der Waals surface area contributed by atoms with Crippen LogP contribution in [0.15, 0.2) is 18.2 Å². The fraction of sp³-hybridized carbons (Fsp3) is 0.600. The molecule has 1 aromatic carbocycles. The van der Waals surface area contributed by atoms with Crippen LogP contribution < -0.4 is 5.32 Å². The van der Waals surface area contributed by atoms with Gasteiger partial charge in [-0.05, 0) is 43.7 Å². The zero-order valence-electron chi connectivity index (χ0n) is 11.8. The number of benzene rings is 1. The Kier molecular flexibility index (Phi) is 5.06. The summed E-state index contributed by atoms with van der Waals surface area (Å²) in [5.41, 5.74) is 0.411. The van der Waals surface area contributed by atoms with E-state index in [1.807, 2.05) is 0 Å². The highest BCUT2D eigenvalue weighted by Gasteiger charge is 2.21. The lowest BCUT2D eigenvalue weighted by Crippen LogP contribution is -2.32. The summed E-state index contributed by atoms with van der Waals surface area (Å²) in [5, 5.41) is 14.3. The molecule has 1 aromatic rings. The van der Waals surface area contributed by atoms with Crippen molar-refractivity contribution in [3.8, 4) is 0 Å². The third-order valence-corrected chi connectivity index (χ3v) is 4.24. The van der Waals surface area contributed by atoms with Gasteiger partial charge in [-0.1, -0.05) is 13.3 Å². The summed E-state index contributed by atoms with van der Waals surface area (Å²) in [7, 11) is 0. The molecule has 1 fully saturated rings. The van der Waals surface area contributed by atoms with Crippen molar-refractivity contribution in [2.24, 2.45) is 5.92 Å². The lowest BCUT2D eigenvalue weighted by molar-refractivity contribution is -0.385. The molecule has 1 saturated carbocycles. The molecule has 0 heterocycles. The third kappa shape index (κ3) is 3.76. The van der Waals surface area contributed by atoms with Gasteiger partial charge in [-0.3, -0.25) is 10.1 Å².